The summed E-state index contributed by atoms with van der Waals surface area (Å²) in [5, 5.41) is 0. The van der Waals surface area contributed by atoms with Crippen LogP contribution in [0.5, 0.6) is 0 Å². The Bertz CT molecular complexity index is 422. The molecule has 0 saturated carbocycles. The van der Waals surface area contributed by atoms with Gasteiger partial charge in [0.25, 0.3) is 0 Å². The van der Waals surface area contributed by atoms with Crippen LogP contribution in [0.1, 0.15) is 38.5 Å². The van der Waals surface area contributed by atoms with Gasteiger partial charge in [0.1, 0.15) is 0 Å². The molecule has 0 spiro atoms. The highest BCUT2D eigenvalue weighted by atomic mass is 16.2. The van der Waals surface area contributed by atoms with Crippen molar-refractivity contribution in [1.82, 2.24) is 14.7 Å². The van der Waals surface area contributed by atoms with E-state index in [-0.39, 0.29) is 18.4 Å². The standard InChI is InChI=1S/C16H28N4O2/c17-14-6-4-9-19(16(14)22)12-15(21)20-10-3-5-13(20)11-18-7-1-2-8-18/h13-14H,1-12,17H2. The summed E-state index contributed by atoms with van der Waals surface area (Å²) in [4.78, 5) is 30.8. The van der Waals surface area contributed by atoms with Gasteiger partial charge in [-0.2, -0.15) is 0 Å². The summed E-state index contributed by atoms with van der Waals surface area (Å²) in [5.74, 6) is 0.0408. The molecule has 0 aromatic rings. The van der Waals surface area contributed by atoms with Gasteiger partial charge in [-0.15, -0.1) is 0 Å². The molecule has 2 atom stereocenters. The van der Waals surface area contributed by atoms with Gasteiger partial charge in [0.15, 0.2) is 0 Å². The number of likely N-dealkylation sites (tertiary alicyclic amines) is 3. The number of carbonyl (C=O) groups is 2. The smallest absolute Gasteiger partial charge is 0.242 e. The van der Waals surface area contributed by atoms with E-state index in [0.717, 1.165) is 51.9 Å². The van der Waals surface area contributed by atoms with Crippen molar-refractivity contribution >= 4 is 11.8 Å². The van der Waals surface area contributed by atoms with Crippen LogP contribution in [-0.4, -0.2) is 77.9 Å². The third kappa shape index (κ3) is 3.43. The van der Waals surface area contributed by atoms with Gasteiger partial charge in [-0.05, 0) is 51.6 Å². The molecular weight excluding hydrogens is 280 g/mol. The number of nitrogens with zero attached hydrogens (tertiary/aromatic N) is 3. The molecule has 3 rings (SSSR count). The number of carbonyl (C=O) groups excluding carboxylic acids is 2. The van der Waals surface area contributed by atoms with Crippen LogP contribution < -0.4 is 5.73 Å². The third-order valence-corrected chi connectivity index (χ3v) is 5.26. The van der Waals surface area contributed by atoms with Crippen molar-refractivity contribution in [3.8, 4) is 0 Å². The first-order valence-electron chi connectivity index (χ1n) is 8.71. The summed E-state index contributed by atoms with van der Waals surface area (Å²) in [5.41, 5.74) is 5.81. The molecule has 3 aliphatic heterocycles. The van der Waals surface area contributed by atoms with E-state index < -0.39 is 6.04 Å². The summed E-state index contributed by atoms with van der Waals surface area (Å²) < 4.78 is 0. The van der Waals surface area contributed by atoms with Crippen LogP contribution >= 0.6 is 0 Å². The van der Waals surface area contributed by atoms with Gasteiger partial charge in [0, 0.05) is 25.7 Å². The van der Waals surface area contributed by atoms with Crippen molar-refractivity contribution in [2.45, 2.75) is 50.6 Å². The van der Waals surface area contributed by atoms with E-state index in [1.54, 1.807) is 4.90 Å². The Kier molecular flexibility index (Phi) is 4.98. The second kappa shape index (κ2) is 6.96. The third-order valence-electron chi connectivity index (χ3n) is 5.26. The topological polar surface area (TPSA) is 69.9 Å². The molecule has 3 heterocycles. The van der Waals surface area contributed by atoms with Gasteiger partial charge in [-0.25, -0.2) is 0 Å². The first-order chi connectivity index (χ1) is 10.6. The predicted molar refractivity (Wildman–Crippen MR) is 84.2 cm³/mol. The number of piperidine rings is 1. The Morgan fingerprint density at radius 3 is 2.55 bits per heavy atom. The van der Waals surface area contributed by atoms with Crippen LogP contribution in [-0.2, 0) is 9.59 Å². The van der Waals surface area contributed by atoms with Crippen molar-refractivity contribution in [3.63, 3.8) is 0 Å². The number of nitrogens with two attached hydrogens (primary N) is 1. The molecule has 124 valence electrons. The van der Waals surface area contributed by atoms with E-state index in [1.165, 1.54) is 12.8 Å². The lowest BCUT2D eigenvalue weighted by molar-refractivity contribution is -0.143. The summed E-state index contributed by atoms with van der Waals surface area (Å²) in [6, 6.07) is -0.0836. The maximum Gasteiger partial charge on any atom is 0.242 e. The maximum absolute atomic E-state index is 12.6. The zero-order chi connectivity index (χ0) is 15.5. The van der Waals surface area contributed by atoms with Crippen molar-refractivity contribution < 1.29 is 9.59 Å². The van der Waals surface area contributed by atoms with Gasteiger partial charge in [-0.1, -0.05) is 0 Å². The molecule has 0 radical (unpaired) electrons. The fourth-order valence-electron chi connectivity index (χ4n) is 4.00. The highest BCUT2D eigenvalue weighted by molar-refractivity contribution is 5.88. The van der Waals surface area contributed by atoms with Gasteiger partial charge >= 0.3 is 0 Å². The molecule has 6 heteroatoms. The molecule has 3 saturated heterocycles. The second-order valence-electron chi connectivity index (χ2n) is 6.90. The van der Waals surface area contributed by atoms with E-state index >= 15 is 0 Å². The van der Waals surface area contributed by atoms with Crippen LogP contribution in [0.3, 0.4) is 0 Å². The highest BCUT2D eigenvalue weighted by Gasteiger charge is 2.33. The summed E-state index contributed by atoms with van der Waals surface area (Å²) in [7, 11) is 0. The normalized spacial score (nSPS) is 30.3. The monoisotopic (exact) mass is 308 g/mol. The first-order valence-corrected chi connectivity index (χ1v) is 8.71. The Labute approximate surface area is 132 Å². The molecule has 0 bridgehead atoms. The van der Waals surface area contributed by atoms with Gasteiger partial charge in [0.05, 0.1) is 12.6 Å². The Hall–Kier alpha value is -1.14. The molecule has 2 N–H and O–H groups in total. The number of hydrogen-bond donors (Lipinski definition) is 1. The SMILES string of the molecule is NC1CCCN(CC(=O)N2CCCC2CN2CCCC2)C1=O. The quantitative estimate of drug-likeness (QED) is 0.795. The average Bonchev–Trinajstić information content (AvgIpc) is 3.16. The second-order valence-corrected chi connectivity index (χ2v) is 6.90. The molecule has 3 aliphatic rings. The van der Waals surface area contributed by atoms with Crippen molar-refractivity contribution in [3.05, 3.63) is 0 Å². The molecule has 0 aromatic heterocycles. The van der Waals surface area contributed by atoms with Crippen LogP contribution in [0, 0.1) is 0 Å². The van der Waals surface area contributed by atoms with E-state index in [9.17, 15) is 9.59 Å². The van der Waals surface area contributed by atoms with Gasteiger partial charge in [-0.3, -0.25) is 9.59 Å². The fourth-order valence-corrected chi connectivity index (χ4v) is 4.00. The van der Waals surface area contributed by atoms with Crippen LogP contribution in [0.2, 0.25) is 0 Å². The Morgan fingerprint density at radius 2 is 1.77 bits per heavy atom. The lowest BCUT2D eigenvalue weighted by Crippen LogP contribution is -2.53. The number of rotatable bonds is 4. The van der Waals surface area contributed by atoms with Crippen molar-refractivity contribution in [1.29, 1.82) is 0 Å². The fraction of sp³-hybridized carbons (Fsp3) is 0.875. The van der Waals surface area contributed by atoms with E-state index in [4.69, 9.17) is 5.73 Å². The maximum atomic E-state index is 12.6. The van der Waals surface area contributed by atoms with Crippen LogP contribution in [0.25, 0.3) is 0 Å². The minimum atomic E-state index is -0.416. The van der Waals surface area contributed by atoms with Crippen LogP contribution in [0.4, 0.5) is 0 Å². The molecule has 22 heavy (non-hydrogen) atoms. The zero-order valence-corrected chi connectivity index (χ0v) is 13.4. The summed E-state index contributed by atoms with van der Waals surface area (Å²) in [6.45, 7) is 5.05. The van der Waals surface area contributed by atoms with E-state index in [2.05, 4.69) is 4.90 Å². The van der Waals surface area contributed by atoms with E-state index in [0.29, 0.717) is 12.6 Å². The molecule has 6 nitrogen and oxygen atoms in total. The Morgan fingerprint density at radius 1 is 1.05 bits per heavy atom. The molecule has 0 aromatic carbocycles. The molecule has 2 amide bonds. The van der Waals surface area contributed by atoms with Crippen LogP contribution in [0.15, 0.2) is 0 Å². The lowest BCUT2D eigenvalue weighted by atomic mass is 10.1. The molecular formula is C16H28N4O2. The number of hydrogen-bond acceptors (Lipinski definition) is 4. The largest absolute Gasteiger partial charge is 0.337 e. The van der Waals surface area contributed by atoms with E-state index in [1.807, 2.05) is 4.90 Å². The Balaban J connectivity index is 1.55. The molecule has 0 aliphatic carbocycles. The van der Waals surface area contributed by atoms with Crippen molar-refractivity contribution in [2.75, 3.05) is 39.3 Å². The average molecular weight is 308 g/mol. The molecule has 2 unspecified atom stereocenters. The highest BCUT2D eigenvalue weighted by Crippen LogP contribution is 2.21. The van der Waals surface area contributed by atoms with Gasteiger partial charge in [0.2, 0.25) is 11.8 Å². The predicted octanol–water partition coefficient (Wildman–Crippen LogP) is 0.0229. The minimum Gasteiger partial charge on any atom is -0.337 e. The van der Waals surface area contributed by atoms with Gasteiger partial charge < -0.3 is 20.4 Å². The zero-order valence-electron chi connectivity index (χ0n) is 13.4. The minimum absolute atomic E-state index is 0.0603. The lowest BCUT2D eigenvalue weighted by Gasteiger charge is -2.33. The first kappa shape index (κ1) is 15.7. The number of amides is 2. The summed E-state index contributed by atoms with van der Waals surface area (Å²) >= 11 is 0. The van der Waals surface area contributed by atoms with Crippen molar-refractivity contribution in [2.24, 2.45) is 5.73 Å². The summed E-state index contributed by atoms with van der Waals surface area (Å²) in [6.07, 6.45) is 6.37. The molecule has 3 fully saturated rings.